The molecule has 0 aliphatic heterocycles. The smallest absolute Gasteiger partial charge is 0.227 e. The highest BCUT2D eigenvalue weighted by atomic mass is 16.5. The van der Waals surface area contributed by atoms with Gasteiger partial charge in [-0.05, 0) is 54.8 Å². The number of rotatable bonds is 6. The van der Waals surface area contributed by atoms with Gasteiger partial charge in [0, 0.05) is 12.2 Å². The molecule has 2 aromatic rings. The van der Waals surface area contributed by atoms with Gasteiger partial charge in [-0.25, -0.2) is 0 Å². The van der Waals surface area contributed by atoms with E-state index in [9.17, 15) is 4.79 Å². The Morgan fingerprint density at radius 1 is 1.14 bits per heavy atom. The summed E-state index contributed by atoms with van der Waals surface area (Å²) >= 11 is 0. The van der Waals surface area contributed by atoms with Crippen molar-refractivity contribution in [2.45, 2.75) is 26.8 Å². The van der Waals surface area contributed by atoms with Crippen molar-refractivity contribution in [1.82, 2.24) is 0 Å². The standard InChI is InChI=1S/C18H22N2O2/c1-13-6-7-17(10-14(13)2)22-9-8-18(21)20-16-5-3-4-15(11-16)12-19/h3-7,10-11H,8-9,12,19H2,1-2H3,(H,20,21). The van der Waals surface area contributed by atoms with Gasteiger partial charge in [0.25, 0.3) is 0 Å². The van der Waals surface area contributed by atoms with Crippen LogP contribution in [0.25, 0.3) is 0 Å². The summed E-state index contributed by atoms with van der Waals surface area (Å²) in [6.07, 6.45) is 0.305. The highest BCUT2D eigenvalue weighted by Crippen LogP contribution is 2.16. The van der Waals surface area contributed by atoms with Crippen LogP contribution >= 0.6 is 0 Å². The Bertz CT molecular complexity index is 653. The molecule has 0 aliphatic carbocycles. The minimum absolute atomic E-state index is 0.0713. The van der Waals surface area contributed by atoms with Gasteiger partial charge in [-0.15, -0.1) is 0 Å². The van der Waals surface area contributed by atoms with Crippen molar-refractivity contribution in [2.24, 2.45) is 5.73 Å². The van der Waals surface area contributed by atoms with E-state index < -0.39 is 0 Å². The summed E-state index contributed by atoms with van der Waals surface area (Å²) < 4.78 is 5.61. The van der Waals surface area contributed by atoms with E-state index in [0.717, 1.165) is 17.0 Å². The molecule has 0 atom stereocenters. The Morgan fingerprint density at radius 2 is 1.95 bits per heavy atom. The Kier molecular flexibility index (Phi) is 5.55. The average molecular weight is 298 g/mol. The summed E-state index contributed by atoms with van der Waals surface area (Å²) in [5.74, 6) is 0.721. The molecule has 0 heterocycles. The van der Waals surface area contributed by atoms with Crippen molar-refractivity contribution in [2.75, 3.05) is 11.9 Å². The number of ether oxygens (including phenoxy) is 1. The van der Waals surface area contributed by atoms with E-state index >= 15 is 0 Å². The predicted octanol–water partition coefficient (Wildman–Crippen LogP) is 3.17. The summed E-state index contributed by atoms with van der Waals surface area (Å²) in [5.41, 5.74) is 9.75. The Balaban J connectivity index is 1.81. The van der Waals surface area contributed by atoms with Crippen molar-refractivity contribution in [3.05, 3.63) is 59.2 Å². The maximum atomic E-state index is 11.9. The molecule has 4 heteroatoms. The molecule has 4 nitrogen and oxygen atoms in total. The van der Waals surface area contributed by atoms with Crippen molar-refractivity contribution in [3.63, 3.8) is 0 Å². The molecule has 3 N–H and O–H groups in total. The Hall–Kier alpha value is -2.33. The van der Waals surface area contributed by atoms with Crippen LogP contribution in [0.1, 0.15) is 23.1 Å². The van der Waals surface area contributed by atoms with Crippen LogP contribution < -0.4 is 15.8 Å². The van der Waals surface area contributed by atoms with Gasteiger partial charge in [-0.3, -0.25) is 4.79 Å². The highest BCUT2D eigenvalue weighted by molar-refractivity contribution is 5.90. The molecular weight excluding hydrogens is 276 g/mol. The molecule has 1 amide bonds. The van der Waals surface area contributed by atoms with Gasteiger partial charge in [0.05, 0.1) is 13.0 Å². The number of nitrogens with two attached hydrogens (primary N) is 1. The maximum absolute atomic E-state index is 11.9. The normalized spacial score (nSPS) is 10.3. The number of hydrogen-bond donors (Lipinski definition) is 2. The third-order valence-electron chi connectivity index (χ3n) is 3.52. The van der Waals surface area contributed by atoms with Crippen molar-refractivity contribution < 1.29 is 9.53 Å². The molecule has 0 aromatic heterocycles. The second kappa shape index (κ2) is 7.61. The molecule has 0 saturated heterocycles. The summed E-state index contributed by atoms with van der Waals surface area (Å²) in [6, 6.07) is 13.5. The Labute approximate surface area is 131 Å². The molecule has 116 valence electrons. The molecular formula is C18H22N2O2. The van der Waals surface area contributed by atoms with Gasteiger partial charge in [-0.2, -0.15) is 0 Å². The number of benzene rings is 2. The van der Waals surface area contributed by atoms with Crippen molar-refractivity contribution in [3.8, 4) is 5.75 Å². The van der Waals surface area contributed by atoms with Gasteiger partial charge in [-0.1, -0.05) is 18.2 Å². The molecule has 0 radical (unpaired) electrons. The van der Waals surface area contributed by atoms with E-state index in [1.807, 2.05) is 49.4 Å². The number of anilines is 1. The van der Waals surface area contributed by atoms with Gasteiger partial charge in [0.2, 0.25) is 5.91 Å². The molecule has 2 rings (SSSR count). The number of carbonyl (C=O) groups excluding carboxylic acids is 1. The summed E-state index contributed by atoms with van der Waals surface area (Å²) in [5, 5.41) is 2.85. The quantitative estimate of drug-likeness (QED) is 0.861. The summed E-state index contributed by atoms with van der Waals surface area (Å²) in [7, 11) is 0. The first-order valence-corrected chi connectivity index (χ1v) is 7.37. The number of aryl methyl sites for hydroxylation is 2. The lowest BCUT2D eigenvalue weighted by molar-refractivity contribution is -0.116. The zero-order chi connectivity index (χ0) is 15.9. The van der Waals surface area contributed by atoms with Gasteiger partial charge in [0.15, 0.2) is 0 Å². The van der Waals surface area contributed by atoms with Crippen LogP contribution in [0.2, 0.25) is 0 Å². The van der Waals surface area contributed by atoms with Gasteiger partial charge >= 0.3 is 0 Å². The molecule has 2 aromatic carbocycles. The molecule has 0 saturated carbocycles. The number of nitrogens with one attached hydrogen (secondary N) is 1. The zero-order valence-corrected chi connectivity index (χ0v) is 13.1. The monoisotopic (exact) mass is 298 g/mol. The molecule has 0 fully saturated rings. The van der Waals surface area contributed by atoms with Crippen LogP contribution in [0, 0.1) is 13.8 Å². The second-order valence-electron chi connectivity index (χ2n) is 5.30. The molecule has 0 aliphatic rings. The lowest BCUT2D eigenvalue weighted by atomic mass is 10.1. The fourth-order valence-corrected chi connectivity index (χ4v) is 2.06. The minimum Gasteiger partial charge on any atom is -0.493 e. The fourth-order valence-electron chi connectivity index (χ4n) is 2.06. The number of amides is 1. The average Bonchev–Trinajstić information content (AvgIpc) is 2.51. The summed E-state index contributed by atoms with van der Waals surface area (Å²) in [4.78, 5) is 11.9. The lowest BCUT2D eigenvalue weighted by Gasteiger charge is -2.09. The molecule has 0 unspecified atom stereocenters. The van der Waals surface area contributed by atoms with E-state index in [1.165, 1.54) is 11.1 Å². The molecule has 0 bridgehead atoms. The topological polar surface area (TPSA) is 64.3 Å². The fraction of sp³-hybridized carbons (Fsp3) is 0.278. The van der Waals surface area contributed by atoms with Gasteiger partial charge in [0.1, 0.15) is 5.75 Å². The van der Waals surface area contributed by atoms with E-state index in [1.54, 1.807) is 0 Å². The van der Waals surface area contributed by atoms with Crippen LogP contribution in [0.4, 0.5) is 5.69 Å². The van der Waals surface area contributed by atoms with E-state index in [0.29, 0.717) is 19.6 Å². The van der Waals surface area contributed by atoms with Crippen LogP contribution in [-0.2, 0) is 11.3 Å². The third-order valence-corrected chi connectivity index (χ3v) is 3.52. The van der Waals surface area contributed by atoms with Gasteiger partial charge < -0.3 is 15.8 Å². The van der Waals surface area contributed by atoms with Crippen molar-refractivity contribution >= 4 is 11.6 Å². The number of carbonyl (C=O) groups is 1. The Morgan fingerprint density at radius 3 is 2.68 bits per heavy atom. The van der Waals surface area contributed by atoms with Crippen LogP contribution in [0.3, 0.4) is 0 Å². The van der Waals surface area contributed by atoms with Crippen LogP contribution in [-0.4, -0.2) is 12.5 Å². The first-order chi connectivity index (χ1) is 10.6. The highest BCUT2D eigenvalue weighted by Gasteiger charge is 2.04. The minimum atomic E-state index is -0.0713. The number of hydrogen-bond acceptors (Lipinski definition) is 3. The lowest BCUT2D eigenvalue weighted by Crippen LogP contribution is -2.15. The van der Waals surface area contributed by atoms with Crippen molar-refractivity contribution in [1.29, 1.82) is 0 Å². The predicted molar refractivity (Wildman–Crippen MR) is 89.0 cm³/mol. The first kappa shape index (κ1) is 16.0. The zero-order valence-electron chi connectivity index (χ0n) is 13.1. The summed E-state index contributed by atoms with van der Waals surface area (Å²) in [6.45, 7) is 4.91. The maximum Gasteiger partial charge on any atom is 0.227 e. The van der Waals surface area contributed by atoms with E-state index in [2.05, 4.69) is 12.2 Å². The SMILES string of the molecule is Cc1ccc(OCCC(=O)Nc2cccc(CN)c2)cc1C. The third kappa shape index (κ3) is 4.60. The molecule has 22 heavy (non-hydrogen) atoms. The van der Waals surface area contributed by atoms with Crippen LogP contribution in [0.15, 0.2) is 42.5 Å². The second-order valence-corrected chi connectivity index (χ2v) is 5.30. The van der Waals surface area contributed by atoms with E-state index in [-0.39, 0.29) is 5.91 Å². The van der Waals surface area contributed by atoms with E-state index in [4.69, 9.17) is 10.5 Å². The first-order valence-electron chi connectivity index (χ1n) is 7.37. The largest absolute Gasteiger partial charge is 0.493 e. The van der Waals surface area contributed by atoms with Crippen LogP contribution in [0.5, 0.6) is 5.75 Å². The molecule has 0 spiro atoms.